The molecule has 158 valence electrons. The van der Waals surface area contributed by atoms with Gasteiger partial charge in [0.25, 0.3) is 0 Å². The van der Waals surface area contributed by atoms with Crippen molar-refractivity contribution in [3.8, 4) is 0 Å². The van der Waals surface area contributed by atoms with Crippen molar-refractivity contribution in [2.75, 3.05) is 14.1 Å². The lowest BCUT2D eigenvalue weighted by Crippen LogP contribution is -2.27. The zero-order valence-corrected chi connectivity index (χ0v) is 19.2. The molecule has 1 fully saturated rings. The summed E-state index contributed by atoms with van der Waals surface area (Å²) in [5, 5.41) is 11.8. The van der Waals surface area contributed by atoms with Gasteiger partial charge in [0.05, 0.1) is 0 Å². The summed E-state index contributed by atoms with van der Waals surface area (Å²) in [4.78, 5) is 16.0. The number of nitrogens with zero attached hydrogens (tertiary/aromatic N) is 4. The molecule has 2 heterocycles. The Morgan fingerprint density at radius 1 is 1.13 bits per heavy atom. The minimum Gasteiger partial charge on any atom is -0.348 e. The second-order valence-electron chi connectivity index (χ2n) is 7.96. The van der Waals surface area contributed by atoms with Gasteiger partial charge in [-0.2, -0.15) is 0 Å². The smallest absolute Gasteiger partial charge is 0.240 e. The van der Waals surface area contributed by atoms with Gasteiger partial charge in [-0.3, -0.25) is 4.79 Å². The highest BCUT2D eigenvalue weighted by Gasteiger charge is 2.29. The molecular formula is C23H28N4OS2. The van der Waals surface area contributed by atoms with Gasteiger partial charge in [0.15, 0.2) is 5.16 Å². The van der Waals surface area contributed by atoms with Gasteiger partial charge in [-0.1, -0.05) is 67.4 Å². The first kappa shape index (κ1) is 21.1. The SMILES string of the molecule is CN(C)C(=O)[C@@H](Sc1nnc(Cc2cccs2)n1C1CCCCC1)c1ccccc1. The Morgan fingerprint density at radius 3 is 2.57 bits per heavy atom. The number of carbonyl (C=O) groups excluding carboxylic acids is 1. The molecule has 7 heteroatoms. The van der Waals surface area contributed by atoms with E-state index in [0.29, 0.717) is 6.04 Å². The number of thioether (sulfide) groups is 1. The van der Waals surface area contributed by atoms with E-state index in [1.807, 2.05) is 44.4 Å². The van der Waals surface area contributed by atoms with Crippen LogP contribution in [0.25, 0.3) is 0 Å². The molecular weight excluding hydrogens is 412 g/mol. The third-order valence-electron chi connectivity index (χ3n) is 5.58. The summed E-state index contributed by atoms with van der Waals surface area (Å²) < 4.78 is 2.34. The fraction of sp³-hybridized carbons (Fsp3) is 0.435. The first-order valence-corrected chi connectivity index (χ1v) is 12.3. The minimum absolute atomic E-state index is 0.0733. The summed E-state index contributed by atoms with van der Waals surface area (Å²) in [6.45, 7) is 0. The second-order valence-corrected chi connectivity index (χ2v) is 10.1. The molecule has 1 aromatic carbocycles. The zero-order chi connectivity index (χ0) is 20.9. The van der Waals surface area contributed by atoms with Crippen molar-refractivity contribution in [1.29, 1.82) is 0 Å². The molecule has 0 bridgehead atoms. The number of thiophene rings is 1. The average Bonchev–Trinajstić information content (AvgIpc) is 3.43. The highest BCUT2D eigenvalue weighted by Crippen LogP contribution is 2.39. The number of likely N-dealkylation sites (N-methyl/N-ethyl adjacent to an activating group) is 1. The van der Waals surface area contributed by atoms with Gasteiger partial charge in [-0.25, -0.2) is 0 Å². The van der Waals surface area contributed by atoms with E-state index in [2.05, 4.69) is 32.3 Å². The van der Waals surface area contributed by atoms with Crippen LogP contribution >= 0.6 is 23.1 Å². The Labute approximate surface area is 186 Å². The van der Waals surface area contributed by atoms with E-state index < -0.39 is 0 Å². The van der Waals surface area contributed by atoms with Crippen molar-refractivity contribution in [2.24, 2.45) is 0 Å². The van der Waals surface area contributed by atoms with Gasteiger partial charge in [-0.05, 0) is 29.9 Å². The van der Waals surface area contributed by atoms with E-state index in [1.54, 1.807) is 16.2 Å². The number of amides is 1. The van der Waals surface area contributed by atoms with Gasteiger partial charge in [0.1, 0.15) is 11.1 Å². The molecule has 30 heavy (non-hydrogen) atoms. The van der Waals surface area contributed by atoms with E-state index in [1.165, 1.54) is 35.9 Å². The van der Waals surface area contributed by atoms with Gasteiger partial charge >= 0.3 is 0 Å². The fourth-order valence-corrected chi connectivity index (χ4v) is 5.99. The number of hydrogen-bond donors (Lipinski definition) is 0. The van der Waals surface area contributed by atoms with Crippen LogP contribution in [0.3, 0.4) is 0 Å². The van der Waals surface area contributed by atoms with Crippen LogP contribution in [0.5, 0.6) is 0 Å². The van der Waals surface area contributed by atoms with Gasteiger partial charge < -0.3 is 9.47 Å². The lowest BCUT2D eigenvalue weighted by Gasteiger charge is -2.27. The van der Waals surface area contributed by atoms with E-state index >= 15 is 0 Å². The predicted molar refractivity (Wildman–Crippen MR) is 123 cm³/mol. The Balaban J connectivity index is 1.69. The Kier molecular flexibility index (Phi) is 6.89. The maximum atomic E-state index is 13.0. The first-order chi connectivity index (χ1) is 14.6. The van der Waals surface area contributed by atoms with Gasteiger partial charge in [0.2, 0.25) is 5.91 Å². The molecule has 0 spiro atoms. The number of benzene rings is 1. The largest absolute Gasteiger partial charge is 0.348 e. The fourth-order valence-electron chi connectivity index (χ4n) is 4.01. The van der Waals surface area contributed by atoms with Crippen molar-refractivity contribution >= 4 is 29.0 Å². The predicted octanol–water partition coefficient (Wildman–Crippen LogP) is 5.36. The lowest BCUT2D eigenvalue weighted by molar-refractivity contribution is -0.128. The quantitative estimate of drug-likeness (QED) is 0.464. The molecule has 0 radical (unpaired) electrons. The third kappa shape index (κ3) is 4.78. The normalized spacial score (nSPS) is 15.8. The molecule has 0 saturated heterocycles. The topological polar surface area (TPSA) is 51.0 Å². The van der Waals surface area contributed by atoms with E-state index in [9.17, 15) is 4.79 Å². The summed E-state index contributed by atoms with van der Waals surface area (Å²) in [6.07, 6.45) is 6.88. The van der Waals surface area contributed by atoms with Crippen LogP contribution in [0.4, 0.5) is 0 Å². The van der Waals surface area contributed by atoms with Crippen molar-refractivity contribution in [1.82, 2.24) is 19.7 Å². The molecule has 0 unspecified atom stereocenters. The number of aromatic nitrogens is 3. The molecule has 1 aliphatic carbocycles. The summed E-state index contributed by atoms with van der Waals surface area (Å²) in [5.41, 5.74) is 0.999. The summed E-state index contributed by atoms with van der Waals surface area (Å²) in [5.74, 6) is 1.08. The lowest BCUT2D eigenvalue weighted by atomic mass is 9.95. The van der Waals surface area contributed by atoms with Crippen molar-refractivity contribution < 1.29 is 4.79 Å². The van der Waals surface area contributed by atoms with Crippen LogP contribution in [0, 0.1) is 0 Å². The van der Waals surface area contributed by atoms with Crippen molar-refractivity contribution in [2.45, 2.75) is 55.0 Å². The molecule has 3 aromatic rings. The van der Waals surface area contributed by atoms with Crippen LogP contribution in [0.1, 0.15) is 59.7 Å². The summed E-state index contributed by atoms with van der Waals surface area (Å²) in [6, 6.07) is 14.6. The molecule has 1 atom stereocenters. The van der Waals surface area contributed by atoms with Crippen molar-refractivity contribution in [3.05, 3.63) is 64.1 Å². The van der Waals surface area contributed by atoms with Crippen LogP contribution in [-0.4, -0.2) is 39.7 Å². The standard InChI is InChI=1S/C23H28N4OS2/c1-26(2)22(28)21(17-10-5-3-6-11-17)30-23-25-24-20(16-19-14-9-15-29-19)27(23)18-12-7-4-8-13-18/h3,5-6,9-11,14-15,18,21H,4,7-8,12-13,16H2,1-2H3/t21-/m0/s1. The van der Waals surface area contributed by atoms with Gasteiger partial charge in [0, 0.05) is 31.4 Å². The second kappa shape index (κ2) is 9.79. The van der Waals surface area contributed by atoms with Crippen LogP contribution in [0.2, 0.25) is 0 Å². The zero-order valence-electron chi connectivity index (χ0n) is 17.5. The highest BCUT2D eigenvalue weighted by atomic mass is 32.2. The highest BCUT2D eigenvalue weighted by molar-refractivity contribution is 8.00. The van der Waals surface area contributed by atoms with Gasteiger partial charge in [-0.15, -0.1) is 21.5 Å². The molecule has 4 rings (SSSR count). The van der Waals surface area contributed by atoms with E-state index in [0.717, 1.165) is 35.8 Å². The molecule has 2 aromatic heterocycles. The molecule has 5 nitrogen and oxygen atoms in total. The van der Waals surface area contributed by atoms with E-state index in [4.69, 9.17) is 0 Å². The van der Waals surface area contributed by atoms with Crippen LogP contribution in [-0.2, 0) is 11.2 Å². The molecule has 0 aliphatic heterocycles. The molecule has 0 N–H and O–H groups in total. The number of rotatable bonds is 7. The first-order valence-electron chi connectivity index (χ1n) is 10.5. The molecule has 1 amide bonds. The van der Waals surface area contributed by atoms with Crippen LogP contribution in [0.15, 0.2) is 53.0 Å². The molecule has 1 aliphatic rings. The Bertz CT molecular complexity index is 947. The average molecular weight is 441 g/mol. The summed E-state index contributed by atoms with van der Waals surface area (Å²) in [7, 11) is 3.62. The maximum absolute atomic E-state index is 13.0. The van der Waals surface area contributed by atoms with E-state index in [-0.39, 0.29) is 11.2 Å². The third-order valence-corrected chi connectivity index (χ3v) is 7.65. The molecule has 1 saturated carbocycles. The monoisotopic (exact) mass is 440 g/mol. The number of carbonyl (C=O) groups is 1. The summed E-state index contributed by atoms with van der Waals surface area (Å²) >= 11 is 3.29. The Hall–Kier alpha value is -2.12. The maximum Gasteiger partial charge on any atom is 0.240 e. The minimum atomic E-state index is -0.331. The Morgan fingerprint density at radius 2 is 1.90 bits per heavy atom. The van der Waals surface area contributed by atoms with Crippen molar-refractivity contribution in [3.63, 3.8) is 0 Å². The van der Waals surface area contributed by atoms with Crippen LogP contribution < -0.4 is 0 Å². The number of hydrogen-bond acceptors (Lipinski definition) is 5.